The van der Waals surface area contributed by atoms with Crippen molar-refractivity contribution in [3.8, 4) is 0 Å². The summed E-state index contributed by atoms with van der Waals surface area (Å²) in [4.78, 5) is 4.89. The fraction of sp³-hybridized carbons (Fsp3) is 0.667. The lowest BCUT2D eigenvalue weighted by atomic mass is 10.4. The molecule has 0 aromatic heterocycles. The Morgan fingerprint density at radius 1 is 1.33 bits per heavy atom. The third-order valence-corrected chi connectivity index (χ3v) is 0.628. The molecule has 0 fully saturated rings. The first-order valence-corrected chi connectivity index (χ1v) is 2.22. The SMILES string of the molecule is [CH2]CC(N=[N+]=[N-])N=[N+]=[N-]. The molecule has 0 saturated carbocycles. The Morgan fingerprint density at radius 2 is 1.78 bits per heavy atom. The van der Waals surface area contributed by atoms with E-state index in [0.717, 1.165) is 0 Å². The third kappa shape index (κ3) is 3.22. The molecular formula is C3H5N6. The molecule has 47 valence electrons. The number of rotatable bonds is 3. The highest BCUT2D eigenvalue weighted by molar-refractivity contribution is 4.65. The molecule has 0 aromatic rings. The van der Waals surface area contributed by atoms with Crippen molar-refractivity contribution >= 4 is 0 Å². The zero-order chi connectivity index (χ0) is 7.11. The standard InChI is InChI=1S/C3H5N6/c1-2-3(6-8-4)7-9-5/h3H,1-2H2. The average molecular weight is 125 g/mol. The molecular weight excluding hydrogens is 120 g/mol. The lowest BCUT2D eigenvalue weighted by Gasteiger charge is -1.92. The van der Waals surface area contributed by atoms with Crippen molar-refractivity contribution < 1.29 is 0 Å². The predicted molar refractivity (Wildman–Crippen MR) is 32.1 cm³/mol. The molecule has 0 bridgehead atoms. The molecule has 0 N–H and O–H groups in total. The summed E-state index contributed by atoms with van der Waals surface area (Å²) in [5, 5.41) is 6.26. The first-order valence-electron chi connectivity index (χ1n) is 2.22. The van der Waals surface area contributed by atoms with Crippen molar-refractivity contribution in [2.45, 2.75) is 12.6 Å². The minimum Gasteiger partial charge on any atom is -0.0846 e. The summed E-state index contributed by atoms with van der Waals surface area (Å²) >= 11 is 0. The van der Waals surface area contributed by atoms with Crippen LogP contribution in [0.1, 0.15) is 6.42 Å². The van der Waals surface area contributed by atoms with Crippen molar-refractivity contribution in [3.05, 3.63) is 27.8 Å². The summed E-state index contributed by atoms with van der Waals surface area (Å²) in [6.07, 6.45) is -0.395. The van der Waals surface area contributed by atoms with E-state index >= 15 is 0 Å². The summed E-state index contributed by atoms with van der Waals surface area (Å²) < 4.78 is 0. The normalized spacial score (nSPS) is 10.8. The van der Waals surface area contributed by atoms with E-state index in [-0.39, 0.29) is 6.42 Å². The van der Waals surface area contributed by atoms with Gasteiger partial charge in [-0.1, -0.05) is 17.2 Å². The topological polar surface area (TPSA) is 97.5 Å². The second-order valence-corrected chi connectivity index (χ2v) is 1.18. The molecule has 0 atom stereocenters. The Labute approximate surface area is 51.7 Å². The van der Waals surface area contributed by atoms with Crippen molar-refractivity contribution in [1.29, 1.82) is 0 Å². The van der Waals surface area contributed by atoms with Gasteiger partial charge in [0.25, 0.3) is 0 Å². The van der Waals surface area contributed by atoms with Gasteiger partial charge in [-0.15, -0.1) is 0 Å². The van der Waals surface area contributed by atoms with E-state index in [1.54, 1.807) is 0 Å². The quantitative estimate of drug-likeness (QED) is 0.313. The summed E-state index contributed by atoms with van der Waals surface area (Å²) in [6, 6.07) is 0. The minimum absolute atomic E-state index is 0.286. The van der Waals surface area contributed by atoms with E-state index in [1.165, 1.54) is 0 Å². The Kier molecular flexibility index (Phi) is 4.04. The predicted octanol–water partition coefficient (Wildman–Crippen LogP) is 2.16. The second-order valence-electron chi connectivity index (χ2n) is 1.18. The van der Waals surface area contributed by atoms with Crippen LogP contribution in [0.25, 0.3) is 20.9 Å². The van der Waals surface area contributed by atoms with Crippen LogP contribution in [-0.4, -0.2) is 6.17 Å². The highest BCUT2D eigenvalue weighted by atomic mass is 15.3. The second kappa shape index (κ2) is 4.77. The average Bonchev–Trinajstić information content (AvgIpc) is 1.88. The van der Waals surface area contributed by atoms with Gasteiger partial charge in [-0.25, -0.2) is 0 Å². The van der Waals surface area contributed by atoms with Crippen LogP contribution < -0.4 is 0 Å². The van der Waals surface area contributed by atoms with Gasteiger partial charge in [0.1, 0.15) is 6.17 Å². The number of nitrogens with zero attached hydrogens (tertiary/aromatic N) is 6. The molecule has 6 heteroatoms. The molecule has 0 aliphatic rings. The van der Waals surface area contributed by atoms with E-state index in [2.05, 4.69) is 27.0 Å². The van der Waals surface area contributed by atoms with Crippen LogP contribution in [0.4, 0.5) is 0 Å². The van der Waals surface area contributed by atoms with Gasteiger partial charge in [-0.2, -0.15) is 0 Å². The monoisotopic (exact) mass is 125 g/mol. The summed E-state index contributed by atoms with van der Waals surface area (Å²) in [7, 11) is 0. The fourth-order valence-electron chi connectivity index (χ4n) is 0.258. The lowest BCUT2D eigenvalue weighted by molar-refractivity contribution is 0.705. The Hall–Kier alpha value is -1.38. The molecule has 0 rings (SSSR count). The lowest BCUT2D eigenvalue weighted by Crippen LogP contribution is -1.92. The fourth-order valence-corrected chi connectivity index (χ4v) is 0.258. The van der Waals surface area contributed by atoms with E-state index < -0.39 is 6.17 Å². The molecule has 6 nitrogen and oxygen atoms in total. The highest BCUT2D eigenvalue weighted by Crippen LogP contribution is 1.97. The van der Waals surface area contributed by atoms with Gasteiger partial charge >= 0.3 is 0 Å². The van der Waals surface area contributed by atoms with E-state index in [4.69, 9.17) is 11.1 Å². The third-order valence-electron chi connectivity index (χ3n) is 0.628. The van der Waals surface area contributed by atoms with Crippen molar-refractivity contribution in [2.24, 2.45) is 10.2 Å². The molecule has 0 amide bonds. The molecule has 0 heterocycles. The Balaban J connectivity index is 3.97. The molecule has 0 spiro atoms. The van der Waals surface area contributed by atoms with E-state index in [1.807, 2.05) is 0 Å². The zero-order valence-corrected chi connectivity index (χ0v) is 4.67. The van der Waals surface area contributed by atoms with Gasteiger partial charge in [0.05, 0.1) is 0 Å². The van der Waals surface area contributed by atoms with Crippen molar-refractivity contribution in [1.82, 2.24) is 0 Å². The maximum Gasteiger partial charge on any atom is 0.116 e. The van der Waals surface area contributed by atoms with Crippen LogP contribution in [-0.2, 0) is 0 Å². The van der Waals surface area contributed by atoms with E-state index in [0.29, 0.717) is 0 Å². The van der Waals surface area contributed by atoms with Gasteiger partial charge in [0, 0.05) is 9.82 Å². The smallest absolute Gasteiger partial charge is 0.0846 e. The van der Waals surface area contributed by atoms with Gasteiger partial charge in [-0.05, 0) is 17.5 Å². The van der Waals surface area contributed by atoms with Crippen LogP contribution in [0.3, 0.4) is 0 Å². The van der Waals surface area contributed by atoms with Gasteiger partial charge in [-0.3, -0.25) is 0 Å². The number of hydrogen-bond donors (Lipinski definition) is 0. The Morgan fingerprint density at radius 3 is 2.00 bits per heavy atom. The van der Waals surface area contributed by atoms with Crippen LogP contribution in [0.2, 0.25) is 0 Å². The minimum atomic E-state index is -0.681. The molecule has 0 aromatic carbocycles. The molecule has 0 saturated heterocycles. The van der Waals surface area contributed by atoms with Crippen LogP contribution in [0.5, 0.6) is 0 Å². The highest BCUT2D eigenvalue weighted by Gasteiger charge is 1.95. The number of azide groups is 1. The molecule has 0 unspecified atom stereocenters. The molecule has 0 aliphatic heterocycles. The maximum atomic E-state index is 7.84. The molecule has 1 radical (unpaired) electrons. The van der Waals surface area contributed by atoms with Crippen molar-refractivity contribution in [3.63, 3.8) is 0 Å². The first-order chi connectivity index (χ1) is 4.35. The van der Waals surface area contributed by atoms with Gasteiger partial charge in [0.15, 0.2) is 0 Å². The number of hydrogen-bond acceptors (Lipinski definition) is 2. The van der Waals surface area contributed by atoms with Gasteiger partial charge in [0.2, 0.25) is 0 Å². The molecule has 9 heavy (non-hydrogen) atoms. The molecule has 0 aliphatic carbocycles. The Bertz CT molecular complexity index is 143. The van der Waals surface area contributed by atoms with Crippen molar-refractivity contribution in [2.75, 3.05) is 0 Å². The largest absolute Gasteiger partial charge is 0.116 e. The summed E-state index contributed by atoms with van der Waals surface area (Å²) in [5.74, 6) is 0. The zero-order valence-electron chi connectivity index (χ0n) is 4.67. The van der Waals surface area contributed by atoms with Crippen LogP contribution in [0.15, 0.2) is 10.2 Å². The van der Waals surface area contributed by atoms with E-state index in [9.17, 15) is 0 Å². The summed E-state index contributed by atoms with van der Waals surface area (Å²) in [5.41, 5.74) is 15.7. The first kappa shape index (κ1) is 7.62. The van der Waals surface area contributed by atoms with Crippen LogP contribution >= 0.6 is 0 Å². The van der Waals surface area contributed by atoms with Gasteiger partial charge < -0.3 is 0 Å². The van der Waals surface area contributed by atoms with Crippen LogP contribution in [0, 0.1) is 6.92 Å². The summed E-state index contributed by atoms with van der Waals surface area (Å²) in [6.45, 7) is 3.39. The maximum absolute atomic E-state index is 7.84.